The van der Waals surface area contributed by atoms with E-state index in [4.69, 9.17) is 0 Å². The Hall–Kier alpha value is -3.71. The van der Waals surface area contributed by atoms with Crippen molar-refractivity contribution in [3.63, 3.8) is 0 Å². The highest BCUT2D eigenvalue weighted by molar-refractivity contribution is 6.91. The van der Waals surface area contributed by atoms with Crippen molar-refractivity contribution in [1.82, 2.24) is 0 Å². The highest BCUT2D eigenvalue weighted by atomic mass is 28.3. The van der Waals surface area contributed by atoms with E-state index in [0.29, 0.717) is 33.2 Å². The molecule has 3 aromatic carbocycles. The van der Waals surface area contributed by atoms with Gasteiger partial charge in [0.1, 0.15) is 16.1 Å². The van der Waals surface area contributed by atoms with Gasteiger partial charge in [0.2, 0.25) is 0 Å². The van der Waals surface area contributed by atoms with E-state index >= 15 is 0 Å². The second kappa shape index (κ2) is 17.1. The summed E-state index contributed by atoms with van der Waals surface area (Å²) in [6.45, 7) is 28.1. The normalized spacial score (nSPS) is 11.6. The average molecular weight is 669 g/mol. The first-order valence-electron chi connectivity index (χ1n) is 17.7. The van der Waals surface area contributed by atoms with E-state index < -0.39 is 16.1 Å². The Morgan fingerprint density at radius 3 is 1.04 bits per heavy atom. The van der Waals surface area contributed by atoms with Crippen molar-refractivity contribution in [1.29, 1.82) is 0 Å². The molecule has 48 heavy (non-hydrogen) atoms. The first-order chi connectivity index (χ1) is 22.7. The molecule has 0 bridgehead atoms. The van der Waals surface area contributed by atoms with E-state index in [1.807, 2.05) is 42.5 Å². The molecule has 3 heteroatoms. The van der Waals surface area contributed by atoms with Gasteiger partial charge in [-0.15, -0.1) is 11.1 Å². The van der Waals surface area contributed by atoms with Gasteiger partial charge in [0.25, 0.3) is 0 Å². The lowest BCUT2D eigenvalue weighted by Gasteiger charge is -2.38. The van der Waals surface area contributed by atoms with Crippen molar-refractivity contribution in [3.8, 4) is 46.6 Å². The summed E-state index contributed by atoms with van der Waals surface area (Å²) in [5.41, 5.74) is 17.6. The van der Waals surface area contributed by atoms with Crippen LogP contribution in [-0.2, 0) is 6.61 Å². The Morgan fingerprint density at radius 1 is 0.417 bits per heavy atom. The van der Waals surface area contributed by atoms with E-state index in [9.17, 15) is 5.11 Å². The van der Waals surface area contributed by atoms with Crippen LogP contribution in [0.4, 0.5) is 0 Å². The predicted molar refractivity (Wildman–Crippen MR) is 213 cm³/mol. The topological polar surface area (TPSA) is 20.2 Å². The standard InChI is InChI=1S/C45H56OSi2/c1-33(2)47(34(3)4,35(5)6)29-27-41-17-13-39(14-18-41)21-24-44-25-23-43(32-46)31-45(44)26-22-40-15-19-42(20-16-40)28-30-48(36(7)8,37(9)10)38(11)12/h13-20,23,25,31,33-38,46H,32H2,1-12H3. The number of hydrogen-bond donors (Lipinski definition) is 1. The molecular weight excluding hydrogens is 613 g/mol. The summed E-state index contributed by atoms with van der Waals surface area (Å²) in [6.07, 6.45) is 0. The van der Waals surface area contributed by atoms with E-state index in [1.165, 1.54) is 0 Å². The van der Waals surface area contributed by atoms with Crippen LogP contribution in [0, 0.1) is 46.6 Å². The van der Waals surface area contributed by atoms with Crippen LogP contribution in [0.1, 0.15) is 122 Å². The third-order valence-electron chi connectivity index (χ3n) is 10.3. The minimum Gasteiger partial charge on any atom is -0.392 e. The third kappa shape index (κ3) is 9.04. The maximum Gasteiger partial charge on any atom is 0.146 e. The maximum absolute atomic E-state index is 9.79. The molecule has 0 aliphatic carbocycles. The van der Waals surface area contributed by atoms with Gasteiger partial charge in [-0.05, 0) is 99.5 Å². The average Bonchev–Trinajstić information content (AvgIpc) is 3.03. The summed E-state index contributed by atoms with van der Waals surface area (Å²) in [7, 11) is -3.56. The molecule has 0 aliphatic rings. The fraction of sp³-hybridized carbons (Fsp3) is 0.422. The summed E-state index contributed by atoms with van der Waals surface area (Å²) in [4.78, 5) is 0. The summed E-state index contributed by atoms with van der Waals surface area (Å²) < 4.78 is 0. The minimum absolute atomic E-state index is 0.0409. The molecule has 0 aliphatic heterocycles. The van der Waals surface area contributed by atoms with Gasteiger partial charge in [0.05, 0.1) is 6.61 Å². The molecule has 0 spiro atoms. The zero-order valence-corrected chi connectivity index (χ0v) is 33.5. The molecule has 0 atom stereocenters. The molecule has 0 amide bonds. The molecule has 0 fully saturated rings. The fourth-order valence-corrected chi connectivity index (χ4v) is 18.1. The van der Waals surface area contributed by atoms with Crippen LogP contribution in [0.25, 0.3) is 0 Å². The molecule has 1 N–H and O–H groups in total. The van der Waals surface area contributed by atoms with Crippen molar-refractivity contribution >= 4 is 16.1 Å². The first-order valence-corrected chi connectivity index (χ1v) is 22.2. The highest BCUT2D eigenvalue weighted by Crippen LogP contribution is 2.41. The number of hydrogen-bond acceptors (Lipinski definition) is 1. The highest BCUT2D eigenvalue weighted by Gasteiger charge is 2.42. The molecule has 0 radical (unpaired) electrons. The smallest absolute Gasteiger partial charge is 0.146 e. The maximum atomic E-state index is 9.79. The quantitative estimate of drug-likeness (QED) is 0.196. The monoisotopic (exact) mass is 668 g/mol. The zero-order valence-electron chi connectivity index (χ0n) is 31.5. The molecule has 3 aromatic rings. The Balaban J connectivity index is 1.88. The SMILES string of the molecule is CC(C)[Si](C#Cc1ccc(C#Cc2ccc(CO)cc2C#Cc2ccc(C#C[Si](C(C)C)(C(C)C)C(C)C)cc2)cc1)(C(C)C)C(C)C. The van der Waals surface area contributed by atoms with E-state index in [0.717, 1.165) is 38.9 Å². The van der Waals surface area contributed by atoms with E-state index in [2.05, 4.69) is 154 Å². The largest absolute Gasteiger partial charge is 0.392 e. The summed E-state index contributed by atoms with van der Waals surface area (Å²) in [5, 5.41) is 9.79. The third-order valence-corrected chi connectivity index (χ3v) is 22.9. The molecule has 0 saturated heterocycles. The molecule has 0 unspecified atom stereocenters. The van der Waals surface area contributed by atoms with Crippen molar-refractivity contribution < 1.29 is 5.11 Å². The Kier molecular flexibility index (Phi) is 13.8. The summed E-state index contributed by atoms with van der Waals surface area (Å²) >= 11 is 0. The van der Waals surface area contributed by atoms with Gasteiger partial charge in [0, 0.05) is 33.4 Å². The van der Waals surface area contributed by atoms with Crippen LogP contribution in [0.2, 0.25) is 33.2 Å². The second-order valence-corrected chi connectivity index (χ2v) is 26.1. The van der Waals surface area contributed by atoms with Gasteiger partial charge in [-0.1, -0.05) is 125 Å². The lowest BCUT2D eigenvalue weighted by molar-refractivity contribution is 0.282. The zero-order chi connectivity index (χ0) is 35.6. The molecule has 0 aromatic heterocycles. The van der Waals surface area contributed by atoms with E-state index in [1.54, 1.807) is 0 Å². The van der Waals surface area contributed by atoms with Gasteiger partial charge in [-0.25, -0.2) is 0 Å². The predicted octanol–water partition coefficient (Wildman–Crippen LogP) is 11.1. The lowest BCUT2D eigenvalue weighted by Crippen LogP contribution is -2.43. The van der Waals surface area contributed by atoms with Gasteiger partial charge in [-0.2, -0.15) is 0 Å². The molecule has 1 nitrogen and oxygen atoms in total. The van der Waals surface area contributed by atoms with Gasteiger partial charge in [0.15, 0.2) is 0 Å². The number of benzene rings is 3. The molecule has 0 saturated carbocycles. The number of aliphatic hydroxyl groups is 1. The molecule has 0 heterocycles. The fourth-order valence-electron chi connectivity index (χ4n) is 7.68. The second-order valence-electron chi connectivity index (χ2n) is 15.0. The van der Waals surface area contributed by atoms with Crippen LogP contribution < -0.4 is 0 Å². The van der Waals surface area contributed by atoms with Crippen molar-refractivity contribution in [2.45, 2.75) is 123 Å². The van der Waals surface area contributed by atoms with Crippen molar-refractivity contribution in [2.24, 2.45) is 0 Å². The minimum atomic E-state index is -1.78. The van der Waals surface area contributed by atoms with Crippen LogP contribution in [0.3, 0.4) is 0 Å². The Bertz CT molecular complexity index is 1730. The van der Waals surface area contributed by atoms with Crippen LogP contribution in [0.15, 0.2) is 66.7 Å². The van der Waals surface area contributed by atoms with Crippen LogP contribution in [-0.4, -0.2) is 21.3 Å². The van der Waals surface area contributed by atoms with Gasteiger partial charge in [-0.3, -0.25) is 0 Å². The summed E-state index contributed by atoms with van der Waals surface area (Å²) in [6, 6.07) is 22.3. The van der Waals surface area contributed by atoms with Crippen LogP contribution in [0.5, 0.6) is 0 Å². The molecule has 250 valence electrons. The first kappa shape index (κ1) is 38.7. The van der Waals surface area contributed by atoms with Crippen molar-refractivity contribution in [3.05, 3.63) is 106 Å². The lowest BCUT2D eigenvalue weighted by atomic mass is 10.0. The molecule has 3 rings (SSSR count). The summed E-state index contributed by atoms with van der Waals surface area (Å²) in [5.74, 6) is 20.3. The number of rotatable bonds is 7. The molecular formula is C45H56OSi2. The van der Waals surface area contributed by atoms with Crippen LogP contribution >= 0.6 is 0 Å². The van der Waals surface area contributed by atoms with Gasteiger partial charge < -0.3 is 5.11 Å². The Labute approximate surface area is 295 Å². The van der Waals surface area contributed by atoms with Crippen molar-refractivity contribution in [2.75, 3.05) is 0 Å². The number of aliphatic hydroxyl groups excluding tert-OH is 1. The Morgan fingerprint density at radius 2 is 0.729 bits per heavy atom. The van der Waals surface area contributed by atoms with Gasteiger partial charge >= 0.3 is 0 Å². The van der Waals surface area contributed by atoms with E-state index in [-0.39, 0.29) is 6.61 Å².